The van der Waals surface area contributed by atoms with Crippen molar-refractivity contribution >= 4 is 56.2 Å². The minimum absolute atomic E-state index is 0.849. The third kappa shape index (κ3) is 1.51. The number of fused-ring (bicyclic) bond motifs is 1. The number of aromatic nitrogens is 3. The molecule has 0 saturated carbocycles. The van der Waals surface area contributed by atoms with Crippen molar-refractivity contribution in [2.75, 3.05) is 0 Å². The quantitative estimate of drug-likeness (QED) is 0.518. The van der Waals surface area contributed by atoms with Gasteiger partial charge in [-0.1, -0.05) is 0 Å². The lowest BCUT2D eigenvalue weighted by Crippen LogP contribution is -1.90. The van der Waals surface area contributed by atoms with Gasteiger partial charge in [0.2, 0.25) is 0 Å². The van der Waals surface area contributed by atoms with Gasteiger partial charge >= 0.3 is 0 Å². The van der Waals surface area contributed by atoms with Gasteiger partial charge in [0, 0.05) is 3.57 Å². The molecule has 0 spiro atoms. The SMILES string of the molecule is Ic1cc2nnccc2nc1I. The van der Waals surface area contributed by atoms with Crippen LogP contribution >= 0.6 is 45.2 Å². The molecule has 0 aliphatic rings. The molecule has 60 valence electrons. The second-order valence-electron chi connectivity index (χ2n) is 2.20. The molecule has 3 nitrogen and oxygen atoms in total. The maximum absolute atomic E-state index is 4.35. The van der Waals surface area contributed by atoms with Gasteiger partial charge in [-0.2, -0.15) is 5.10 Å². The molecule has 0 aliphatic carbocycles. The highest BCUT2D eigenvalue weighted by Gasteiger charge is 2.01. The molecule has 0 aliphatic heterocycles. The van der Waals surface area contributed by atoms with Gasteiger partial charge in [-0.15, -0.1) is 5.10 Å². The molecule has 2 rings (SSSR count). The normalized spacial score (nSPS) is 10.5. The van der Waals surface area contributed by atoms with Crippen LogP contribution in [0.1, 0.15) is 0 Å². The Balaban J connectivity index is 2.84. The standard InChI is InChI=1S/C7H3I2N3/c8-4-3-6-5(11-7(4)9)1-2-10-12-6/h1-3H. The van der Waals surface area contributed by atoms with E-state index in [-0.39, 0.29) is 0 Å². The van der Waals surface area contributed by atoms with Gasteiger partial charge in [0.1, 0.15) is 9.22 Å². The molecule has 2 aromatic rings. The highest BCUT2D eigenvalue weighted by atomic mass is 127. The summed E-state index contributed by atoms with van der Waals surface area (Å²) in [6.07, 6.45) is 1.65. The predicted molar refractivity (Wildman–Crippen MR) is 62.8 cm³/mol. The van der Waals surface area contributed by atoms with Crippen LogP contribution in [0.4, 0.5) is 0 Å². The highest BCUT2D eigenvalue weighted by molar-refractivity contribution is 14.1. The Hall–Kier alpha value is -0.0500. The zero-order chi connectivity index (χ0) is 8.55. The van der Waals surface area contributed by atoms with Crippen molar-refractivity contribution < 1.29 is 0 Å². The van der Waals surface area contributed by atoms with Gasteiger partial charge in [-0.25, -0.2) is 4.98 Å². The fraction of sp³-hybridized carbons (Fsp3) is 0. The summed E-state index contributed by atoms with van der Waals surface area (Å²) in [6, 6.07) is 3.85. The average Bonchev–Trinajstić information content (AvgIpc) is 2.07. The van der Waals surface area contributed by atoms with Crippen LogP contribution in [0.2, 0.25) is 0 Å². The number of rotatable bonds is 0. The first-order chi connectivity index (χ1) is 5.77. The molecule has 0 N–H and O–H groups in total. The maximum atomic E-state index is 4.35. The summed E-state index contributed by atoms with van der Waals surface area (Å²) in [5, 5.41) is 7.75. The molecular weight excluding hydrogens is 380 g/mol. The summed E-state index contributed by atoms with van der Waals surface area (Å²) in [7, 11) is 0. The van der Waals surface area contributed by atoms with Crippen molar-refractivity contribution in [1.29, 1.82) is 0 Å². The Morgan fingerprint density at radius 1 is 1.17 bits per heavy atom. The largest absolute Gasteiger partial charge is 0.239 e. The molecular formula is C7H3I2N3. The minimum Gasteiger partial charge on any atom is -0.239 e. The molecule has 0 radical (unpaired) electrons. The molecule has 0 saturated heterocycles. The van der Waals surface area contributed by atoms with E-state index in [0.717, 1.165) is 18.3 Å². The summed E-state index contributed by atoms with van der Waals surface area (Å²) in [4.78, 5) is 4.35. The molecule has 0 amide bonds. The number of halogens is 2. The molecule has 0 fully saturated rings. The number of hydrogen-bond donors (Lipinski definition) is 0. The Labute approximate surface area is 96.3 Å². The first kappa shape index (κ1) is 8.54. The molecule has 12 heavy (non-hydrogen) atoms. The summed E-state index contributed by atoms with van der Waals surface area (Å²) >= 11 is 4.44. The van der Waals surface area contributed by atoms with E-state index in [9.17, 15) is 0 Å². The van der Waals surface area contributed by atoms with E-state index >= 15 is 0 Å². The van der Waals surface area contributed by atoms with E-state index in [4.69, 9.17) is 0 Å². The predicted octanol–water partition coefficient (Wildman–Crippen LogP) is 2.23. The third-order valence-corrected chi connectivity index (χ3v) is 4.08. The van der Waals surface area contributed by atoms with Crippen molar-refractivity contribution in [2.45, 2.75) is 0 Å². The van der Waals surface area contributed by atoms with Gasteiger partial charge in [0.15, 0.2) is 0 Å². The van der Waals surface area contributed by atoms with Crippen LogP contribution in [0.15, 0.2) is 18.3 Å². The minimum atomic E-state index is 0.849. The Kier molecular flexibility index (Phi) is 2.40. The van der Waals surface area contributed by atoms with Crippen LogP contribution in [0.25, 0.3) is 11.0 Å². The highest BCUT2D eigenvalue weighted by Crippen LogP contribution is 2.17. The van der Waals surface area contributed by atoms with Gasteiger partial charge in [-0.3, -0.25) is 0 Å². The molecule has 0 bridgehead atoms. The molecule has 5 heteroatoms. The van der Waals surface area contributed by atoms with E-state index in [0.29, 0.717) is 0 Å². The van der Waals surface area contributed by atoms with Gasteiger partial charge in [0.05, 0.1) is 11.7 Å². The fourth-order valence-corrected chi connectivity index (χ4v) is 1.70. The van der Waals surface area contributed by atoms with E-state index in [1.807, 2.05) is 12.1 Å². The van der Waals surface area contributed by atoms with Crippen LogP contribution in [0.3, 0.4) is 0 Å². The monoisotopic (exact) mass is 383 g/mol. The van der Waals surface area contributed by atoms with Crippen LogP contribution in [0.5, 0.6) is 0 Å². The summed E-state index contributed by atoms with van der Waals surface area (Å²) in [6.45, 7) is 0. The van der Waals surface area contributed by atoms with Crippen molar-refractivity contribution in [3.63, 3.8) is 0 Å². The maximum Gasteiger partial charge on any atom is 0.115 e. The molecule has 0 aromatic carbocycles. The second kappa shape index (κ2) is 3.36. The van der Waals surface area contributed by atoms with Crippen molar-refractivity contribution in [3.8, 4) is 0 Å². The second-order valence-corrected chi connectivity index (χ2v) is 4.38. The summed E-state index contributed by atoms with van der Waals surface area (Å²) in [5.41, 5.74) is 1.75. The lowest BCUT2D eigenvalue weighted by molar-refractivity contribution is 1.06. The first-order valence-corrected chi connectivity index (χ1v) is 5.36. The Morgan fingerprint density at radius 2 is 2.00 bits per heavy atom. The van der Waals surface area contributed by atoms with E-state index < -0.39 is 0 Å². The van der Waals surface area contributed by atoms with Gasteiger partial charge < -0.3 is 0 Å². The summed E-state index contributed by atoms with van der Waals surface area (Å²) in [5.74, 6) is 0. The molecule has 0 unspecified atom stereocenters. The lowest BCUT2D eigenvalue weighted by atomic mass is 10.3. The van der Waals surface area contributed by atoms with Gasteiger partial charge in [-0.05, 0) is 57.3 Å². The van der Waals surface area contributed by atoms with Crippen LogP contribution in [0, 0.1) is 7.27 Å². The topological polar surface area (TPSA) is 38.7 Å². The molecule has 2 heterocycles. The van der Waals surface area contributed by atoms with Crippen molar-refractivity contribution in [2.24, 2.45) is 0 Å². The van der Waals surface area contributed by atoms with Crippen molar-refractivity contribution in [1.82, 2.24) is 15.2 Å². The summed E-state index contributed by atoms with van der Waals surface area (Å²) < 4.78 is 2.12. The van der Waals surface area contributed by atoms with Crippen LogP contribution < -0.4 is 0 Å². The van der Waals surface area contributed by atoms with Crippen LogP contribution in [-0.4, -0.2) is 15.2 Å². The van der Waals surface area contributed by atoms with Gasteiger partial charge in [0.25, 0.3) is 0 Å². The zero-order valence-electron chi connectivity index (χ0n) is 5.83. The van der Waals surface area contributed by atoms with E-state index in [2.05, 4.69) is 60.4 Å². The Bertz CT molecular complexity index is 389. The Morgan fingerprint density at radius 3 is 2.83 bits per heavy atom. The zero-order valence-corrected chi connectivity index (χ0v) is 10.1. The van der Waals surface area contributed by atoms with Crippen LogP contribution in [-0.2, 0) is 0 Å². The fourth-order valence-electron chi connectivity index (χ4n) is 0.872. The van der Waals surface area contributed by atoms with E-state index in [1.165, 1.54) is 0 Å². The lowest BCUT2D eigenvalue weighted by Gasteiger charge is -1.97. The van der Waals surface area contributed by atoms with E-state index in [1.54, 1.807) is 6.20 Å². The average molecular weight is 383 g/mol. The molecule has 2 aromatic heterocycles. The smallest absolute Gasteiger partial charge is 0.115 e. The number of pyridine rings is 1. The number of nitrogens with zero attached hydrogens (tertiary/aromatic N) is 3. The first-order valence-electron chi connectivity index (χ1n) is 3.21. The van der Waals surface area contributed by atoms with Crippen molar-refractivity contribution in [3.05, 3.63) is 25.6 Å². The third-order valence-electron chi connectivity index (χ3n) is 1.41. The molecule has 0 atom stereocenters. The number of hydrogen-bond acceptors (Lipinski definition) is 3.